The van der Waals surface area contributed by atoms with Crippen LogP contribution in [-0.2, 0) is 14.8 Å². The van der Waals surface area contributed by atoms with Crippen LogP contribution in [-0.4, -0.2) is 48.5 Å². The van der Waals surface area contributed by atoms with Crippen LogP contribution >= 0.6 is 0 Å². The number of carbonyl (C=O) groups is 1. The normalized spacial score (nSPS) is 12.0. The molecule has 8 nitrogen and oxygen atoms in total. The number of benzene rings is 2. The number of rotatable bonds is 9. The van der Waals surface area contributed by atoms with Crippen molar-refractivity contribution in [3.8, 4) is 17.2 Å². The predicted octanol–water partition coefficient (Wildman–Crippen LogP) is 2.36. The lowest BCUT2D eigenvalue weighted by Gasteiger charge is -2.25. The van der Waals surface area contributed by atoms with Gasteiger partial charge in [-0.05, 0) is 25.1 Å². The Hall–Kier alpha value is -2.94. The second-order valence-corrected chi connectivity index (χ2v) is 8.25. The molecule has 0 saturated carbocycles. The number of amides is 1. The van der Waals surface area contributed by atoms with Gasteiger partial charge in [-0.2, -0.15) is 0 Å². The molecule has 1 unspecified atom stereocenters. The van der Waals surface area contributed by atoms with Gasteiger partial charge in [-0.1, -0.05) is 18.2 Å². The highest BCUT2D eigenvalue weighted by Crippen LogP contribution is 2.33. The van der Waals surface area contributed by atoms with E-state index in [0.29, 0.717) is 17.2 Å². The molecule has 158 valence electrons. The molecule has 0 aromatic heterocycles. The summed E-state index contributed by atoms with van der Waals surface area (Å²) in [5.41, 5.74) is 1.00. The lowest BCUT2D eigenvalue weighted by molar-refractivity contribution is -0.120. The molecule has 0 heterocycles. The molecule has 0 bridgehead atoms. The number of nitrogens with zero attached hydrogens (tertiary/aromatic N) is 1. The zero-order valence-corrected chi connectivity index (χ0v) is 17.9. The number of anilines is 1. The highest BCUT2D eigenvalue weighted by Gasteiger charge is 2.25. The van der Waals surface area contributed by atoms with Gasteiger partial charge in [0.2, 0.25) is 15.9 Å². The Morgan fingerprint density at radius 3 is 2.28 bits per heavy atom. The van der Waals surface area contributed by atoms with Gasteiger partial charge in [-0.3, -0.25) is 9.10 Å². The molecule has 0 radical (unpaired) electrons. The number of carbonyl (C=O) groups excluding carboxylic acids is 1. The number of ether oxygens (including phenoxy) is 3. The molecule has 0 aliphatic rings. The van der Waals surface area contributed by atoms with E-state index in [0.717, 1.165) is 16.1 Å². The molecule has 1 amide bonds. The van der Waals surface area contributed by atoms with Crippen LogP contribution in [0, 0.1) is 0 Å². The molecule has 2 aromatic carbocycles. The zero-order chi connectivity index (χ0) is 21.6. The molecule has 0 aliphatic heterocycles. The molecule has 0 fully saturated rings. The second kappa shape index (κ2) is 9.51. The second-order valence-electron chi connectivity index (χ2n) is 6.34. The number of sulfonamides is 1. The molecule has 29 heavy (non-hydrogen) atoms. The van der Waals surface area contributed by atoms with Crippen molar-refractivity contribution >= 4 is 21.6 Å². The zero-order valence-electron chi connectivity index (χ0n) is 17.1. The molecule has 1 N–H and O–H groups in total. The van der Waals surface area contributed by atoms with Crippen LogP contribution in [0.25, 0.3) is 0 Å². The van der Waals surface area contributed by atoms with Gasteiger partial charge in [0.05, 0.1) is 39.3 Å². The lowest BCUT2D eigenvalue weighted by atomic mass is 10.1. The molecule has 9 heteroatoms. The first-order valence-corrected chi connectivity index (χ1v) is 10.7. The van der Waals surface area contributed by atoms with E-state index >= 15 is 0 Å². The summed E-state index contributed by atoms with van der Waals surface area (Å²) >= 11 is 0. The summed E-state index contributed by atoms with van der Waals surface area (Å²) in [5, 5.41) is 2.81. The monoisotopic (exact) mass is 422 g/mol. The summed E-state index contributed by atoms with van der Waals surface area (Å²) < 4.78 is 41.6. The van der Waals surface area contributed by atoms with Crippen molar-refractivity contribution < 1.29 is 27.4 Å². The lowest BCUT2D eigenvalue weighted by Crippen LogP contribution is -2.41. The molecule has 0 aliphatic carbocycles. The van der Waals surface area contributed by atoms with E-state index in [1.165, 1.54) is 20.3 Å². The van der Waals surface area contributed by atoms with Crippen LogP contribution in [0.2, 0.25) is 0 Å². The topological polar surface area (TPSA) is 94.2 Å². The minimum atomic E-state index is -3.77. The quantitative estimate of drug-likeness (QED) is 0.667. The fourth-order valence-electron chi connectivity index (χ4n) is 2.89. The van der Waals surface area contributed by atoms with Gasteiger partial charge in [0.15, 0.2) is 0 Å². The van der Waals surface area contributed by atoms with Crippen LogP contribution in [0.1, 0.15) is 18.5 Å². The number of hydrogen-bond donors (Lipinski definition) is 1. The van der Waals surface area contributed by atoms with E-state index < -0.39 is 22.5 Å². The van der Waals surface area contributed by atoms with Crippen LogP contribution in [0.3, 0.4) is 0 Å². The third-order valence-corrected chi connectivity index (χ3v) is 5.45. The van der Waals surface area contributed by atoms with Gasteiger partial charge < -0.3 is 19.5 Å². The summed E-state index contributed by atoms with van der Waals surface area (Å²) in [5.74, 6) is 0.910. The van der Waals surface area contributed by atoms with Gasteiger partial charge >= 0.3 is 0 Å². The minimum Gasteiger partial charge on any atom is -0.497 e. The molecular formula is C20H26N2O6S. The van der Waals surface area contributed by atoms with E-state index in [4.69, 9.17) is 14.2 Å². The van der Waals surface area contributed by atoms with Crippen LogP contribution in [0.4, 0.5) is 5.69 Å². The maximum atomic E-state index is 12.7. The fourth-order valence-corrected chi connectivity index (χ4v) is 3.74. The number of para-hydroxylation sites is 1. The predicted molar refractivity (Wildman–Crippen MR) is 111 cm³/mol. The van der Waals surface area contributed by atoms with E-state index in [-0.39, 0.29) is 11.7 Å². The van der Waals surface area contributed by atoms with E-state index in [1.54, 1.807) is 32.2 Å². The van der Waals surface area contributed by atoms with Gasteiger partial charge in [-0.15, -0.1) is 0 Å². The Morgan fingerprint density at radius 2 is 1.69 bits per heavy atom. The van der Waals surface area contributed by atoms with Gasteiger partial charge in [0.1, 0.15) is 23.8 Å². The van der Waals surface area contributed by atoms with Crippen molar-refractivity contribution in [2.45, 2.75) is 13.0 Å². The van der Waals surface area contributed by atoms with E-state index in [2.05, 4.69) is 5.32 Å². The van der Waals surface area contributed by atoms with Crippen LogP contribution in [0.15, 0.2) is 42.5 Å². The SMILES string of the molecule is COc1ccc(OC)c(N(CC(=O)NC(C)c2ccccc2OC)S(C)(=O)=O)c1. The Labute approximate surface area is 171 Å². The standard InChI is InChI=1S/C20H26N2O6S/c1-14(16-8-6-7-9-18(16)27-3)21-20(23)13-22(29(5,24)25)17-12-15(26-2)10-11-19(17)28-4/h6-12,14H,13H2,1-5H3,(H,21,23). The Morgan fingerprint density at radius 1 is 1.03 bits per heavy atom. The van der Waals surface area contributed by atoms with E-state index in [9.17, 15) is 13.2 Å². The summed E-state index contributed by atoms with van der Waals surface area (Å²) in [6, 6.07) is 11.7. The molecule has 0 spiro atoms. The summed E-state index contributed by atoms with van der Waals surface area (Å²) in [6.45, 7) is 1.38. The number of nitrogens with one attached hydrogen (secondary N) is 1. The fraction of sp³-hybridized carbons (Fsp3) is 0.350. The summed E-state index contributed by atoms with van der Waals surface area (Å²) in [6.07, 6.45) is 1.03. The minimum absolute atomic E-state index is 0.217. The molecule has 1 atom stereocenters. The first kappa shape index (κ1) is 22.4. The molecule has 2 rings (SSSR count). The largest absolute Gasteiger partial charge is 0.497 e. The van der Waals surface area contributed by atoms with Gasteiger partial charge in [0.25, 0.3) is 0 Å². The van der Waals surface area contributed by atoms with Crippen molar-refractivity contribution in [2.75, 3.05) is 38.4 Å². The van der Waals surface area contributed by atoms with E-state index in [1.807, 2.05) is 18.2 Å². The smallest absolute Gasteiger partial charge is 0.241 e. The highest BCUT2D eigenvalue weighted by atomic mass is 32.2. The number of hydrogen-bond acceptors (Lipinski definition) is 6. The number of methoxy groups -OCH3 is 3. The van der Waals surface area contributed by atoms with Crippen molar-refractivity contribution in [1.82, 2.24) is 5.32 Å². The average molecular weight is 423 g/mol. The Bertz CT molecular complexity index is 961. The van der Waals surface area contributed by atoms with Crippen molar-refractivity contribution in [2.24, 2.45) is 0 Å². The first-order valence-electron chi connectivity index (χ1n) is 8.83. The summed E-state index contributed by atoms with van der Waals surface area (Å²) in [4.78, 5) is 12.7. The first-order chi connectivity index (χ1) is 13.7. The molecular weight excluding hydrogens is 396 g/mol. The third kappa shape index (κ3) is 5.54. The van der Waals surface area contributed by atoms with Crippen molar-refractivity contribution in [1.29, 1.82) is 0 Å². The Kier molecular flexibility index (Phi) is 7.33. The maximum absolute atomic E-state index is 12.7. The average Bonchev–Trinajstić information content (AvgIpc) is 2.70. The van der Waals surface area contributed by atoms with Gasteiger partial charge in [0, 0.05) is 11.6 Å². The maximum Gasteiger partial charge on any atom is 0.241 e. The van der Waals surface area contributed by atoms with Crippen LogP contribution in [0.5, 0.6) is 17.2 Å². The molecule has 2 aromatic rings. The van der Waals surface area contributed by atoms with Crippen molar-refractivity contribution in [3.63, 3.8) is 0 Å². The third-order valence-electron chi connectivity index (χ3n) is 4.33. The van der Waals surface area contributed by atoms with Crippen LogP contribution < -0.4 is 23.8 Å². The molecule has 0 saturated heterocycles. The Balaban J connectivity index is 2.29. The van der Waals surface area contributed by atoms with Gasteiger partial charge in [-0.25, -0.2) is 8.42 Å². The highest BCUT2D eigenvalue weighted by molar-refractivity contribution is 7.92. The summed E-state index contributed by atoms with van der Waals surface area (Å²) in [7, 11) is 0.674. The van der Waals surface area contributed by atoms with Crippen molar-refractivity contribution in [3.05, 3.63) is 48.0 Å².